The van der Waals surface area contributed by atoms with Crippen molar-refractivity contribution in [2.45, 2.75) is 0 Å². The second kappa shape index (κ2) is 5.05. The standard InChI is InChI=1S/C15H11NO4/c17-14(10-19-11-6-2-1-3-7-11)16-12-8-4-5-9-13(12)20-15(16)18/h1-9H,10H2. The van der Waals surface area contributed by atoms with Crippen molar-refractivity contribution in [2.75, 3.05) is 6.61 Å². The van der Waals surface area contributed by atoms with Crippen LogP contribution < -0.4 is 10.5 Å². The predicted octanol–water partition coefficient (Wildman–Crippen LogP) is 2.31. The van der Waals surface area contributed by atoms with Crippen LogP contribution in [0.3, 0.4) is 0 Å². The topological polar surface area (TPSA) is 61.4 Å². The van der Waals surface area contributed by atoms with Gasteiger partial charge in [0.25, 0.3) is 5.91 Å². The lowest BCUT2D eigenvalue weighted by Gasteiger charge is -2.05. The molecule has 0 saturated heterocycles. The molecule has 0 spiro atoms. The van der Waals surface area contributed by atoms with Crippen molar-refractivity contribution in [3.05, 3.63) is 65.1 Å². The Labute approximate surface area is 114 Å². The minimum absolute atomic E-state index is 0.229. The summed E-state index contributed by atoms with van der Waals surface area (Å²) in [5.41, 5.74) is 0.824. The van der Waals surface area contributed by atoms with E-state index in [1.54, 1.807) is 48.5 Å². The Balaban J connectivity index is 1.86. The minimum atomic E-state index is -0.701. The number of hydrogen-bond acceptors (Lipinski definition) is 4. The molecule has 5 nitrogen and oxygen atoms in total. The number of para-hydroxylation sites is 3. The van der Waals surface area contributed by atoms with Gasteiger partial charge in [0.2, 0.25) is 0 Å². The van der Waals surface area contributed by atoms with Crippen molar-refractivity contribution in [1.29, 1.82) is 0 Å². The highest BCUT2D eigenvalue weighted by molar-refractivity contribution is 5.89. The van der Waals surface area contributed by atoms with Crippen molar-refractivity contribution < 1.29 is 13.9 Å². The summed E-state index contributed by atoms with van der Waals surface area (Å²) in [5.74, 6) is -0.599. The Morgan fingerprint density at radius 2 is 1.75 bits per heavy atom. The van der Waals surface area contributed by atoms with E-state index in [9.17, 15) is 9.59 Å². The van der Waals surface area contributed by atoms with Crippen molar-refractivity contribution >= 4 is 17.0 Å². The Bertz CT molecular complexity index is 801. The third-order valence-electron chi connectivity index (χ3n) is 2.84. The molecule has 1 aromatic heterocycles. The maximum Gasteiger partial charge on any atom is 0.426 e. The van der Waals surface area contributed by atoms with E-state index in [2.05, 4.69) is 0 Å². The summed E-state index contributed by atoms with van der Waals surface area (Å²) < 4.78 is 11.3. The Kier molecular flexibility index (Phi) is 3.09. The van der Waals surface area contributed by atoms with Gasteiger partial charge in [-0.1, -0.05) is 30.3 Å². The van der Waals surface area contributed by atoms with Gasteiger partial charge in [-0.3, -0.25) is 4.79 Å². The van der Waals surface area contributed by atoms with Crippen molar-refractivity contribution in [3.8, 4) is 5.75 Å². The Hall–Kier alpha value is -2.82. The molecular formula is C15H11NO4. The molecular weight excluding hydrogens is 258 g/mol. The first-order valence-corrected chi connectivity index (χ1v) is 6.07. The highest BCUT2D eigenvalue weighted by Gasteiger charge is 2.15. The van der Waals surface area contributed by atoms with Crippen LogP contribution in [0.5, 0.6) is 5.75 Å². The van der Waals surface area contributed by atoms with Gasteiger partial charge in [0, 0.05) is 0 Å². The summed E-state index contributed by atoms with van der Waals surface area (Å²) in [6, 6.07) is 15.7. The van der Waals surface area contributed by atoms with Gasteiger partial charge in [0.05, 0.1) is 5.52 Å². The summed E-state index contributed by atoms with van der Waals surface area (Å²) in [7, 11) is 0. The molecule has 0 radical (unpaired) electrons. The average molecular weight is 269 g/mol. The van der Waals surface area contributed by atoms with E-state index in [-0.39, 0.29) is 6.61 Å². The van der Waals surface area contributed by atoms with Crippen molar-refractivity contribution in [3.63, 3.8) is 0 Å². The Morgan fingerprint density at radius 1 is 1.05 bits per heavy atom. The predicted molar refractivity (Wildman–Crippen MR) is 73.0 cm³/mol. The van der Waals surface area contributed by atoms with E-state index in [1.165, 1.54) is 0 Å². The number of carbonyl (C=O) groups excluding carboxylic acids is 1. The van der Waals surface area contributed by atoms with Gasteiger partial charge in [-0.05, 0) is 24.3 Å². The minimum Gasteiger partial charge on any atom is -0.484 e. The lowest BCUT2D eigenvalue weighted by Crippen LogP contribution is -2.27. The average Bonchev–Trinajstić information content (AvgIpc) is 2.82. The molecule has 3 aromatic rings. The maximum absolute atomic E-state index is 12.1. The molecule has 0 aliphatic carbocycles. The Morgan fingerprint density at radius 3 is 2.55 bits per heavy atom. The van der Waals surface area contributed by atoms with Gasteiger partial charge in [-0.2, -0.15) is 0 Å². The van der Waals surface area contributed by atoms with Crippen LogP contribution in [0.4, 0.5) is 0 Å². The molecule has 20 heavy (non-hydrogen) atoms. The molecule has 0 aliphatic rings. The molecule has 0 N–H and O–H groups in total. The van der Waals surface area contributed by atoms with Gasteiger partial charge in [-0.25, -0.2) is 9.36 Å². The van der Waals surface area contributed by atoms with Crippen LogP contribution in [0.1, 0.15) is 4.79 Å². The molecule has 3 rings (SSSR count). The smallest absolute Gasteiger partial charge is 0.426 e. The number of carbonyl (C=O) groups is 1. The second-order valence-electron chi connectivity index (χ2n) is 4.17. The number of ether oxygens (including phenoxy) is 1. The fraction of sp³-hybridized carbons (Fsp3) is 0.0667. The van der Waals surface area contributed by atoms with Gasteiger partial charge < -0.3 is 9.15 Å². The second-order valence-corrected chi connectivity index (χ2v) is 4.17. The fourth-order valence-electron chi connectivity index (χ4n) is 1.93. The first kappa shape index (κ1) is 12.2. The number of nitrogens with zero attached hydrogens (tertiary/aromatic N) is 1. The van der Waals surface area contributed by atoms with Crippen LogP contribution in [-0.2, 0) is 0 Å². The molecule has 0 saturated carbocycles. The number of hydrogen-bond donors (Lipinski definition) is 0. The molecule has 1 heterocycles. The zero-order chi connectivity index (χ0) is 13.9. The lowest BCUT2D eigenvalue weighted by molar-refractivity contribution is 0.0834. The first-order chi connectivity index (χ1) is 9.75. The number of aromatic nitrogens is 1. The molecule has 0 fully saturated rings. The number of fused-ring (bicyclic) bond motifs is 1. The largest absolute Gasteiger partial charge is 0.484 e. The number of rotatable bonds is 3. The van der Waals surface area contributed by atoms with E-state index in [0.29, 0.717) is 16.8 Å². The van der Waals surface area contributed by atoms with Crippen LogP contribution >= 0.6 is 0 Å². The number of oxazole rings is 1. The van der Waals surface area contributed by atoms with E-state index < -0.39 is 11.7 Å². The molecule has 0 bridgehead atoms. The van der Waals surface area contributed by atoms with E-state index in [0.717, 1.165) is 4.57 Å². The van der Waals surface area contributed by atoms with Crippen LogP contribution in [0.25, 0.3) is 11.1 Å². The summed E-state index contributed by atoms with van der Waals surface area (Å²) in [6.07, 6.45) is 0. The molecule has 100 valence electrons. The van der Waals surface area contributed by atoms with Crippen LogP contribution in [0.15, 0.2) is 63.8 Å². The summed E-state index contributed by atoms with van der Waals surface area (Å²) in [6.45, 7) is -0.229. The van der Waals surface area contributed by atoms with Crippen LogP contribution in [0.2, 0.25) is 0 Å². The monoisotopic (exact) mass is 269 g/mol. The van der Waals surface area contributed by atoms with Gasteiger partial charge in [-0.15, -0.1) is 0 Å². The molecule has 0 unspecified atom stereocenters. The van der Waals surface area contributed by atoms with Crippen LogP contribution in [0, 0.1) is 0 Å². The lowest BCUT2D eigenvalue weighted by atomic mass is 10.3. The molecule has 0 aliphatic heterocycles. The molecule has 5 heteroatoms. The van der Waals surface area contributed by atoms with E-state index in [4.69, 9.17) is 9.15 Å². The zero-order valence-corrected chi connectivity index (χ0v) is 10.5. The number of benzene rings is 2. The molecule has 0 amide bonds. The SMILES string of the molecule is O=C(COc1ccccc1)n1c(=O)oc2ccccc21. The highest BCUT2D eigenvalue weighted by Crippen LogP contribution is 2.12. The quantitative estimate of drug-likeness (QED) is 0.732. The van der Waals surface area contributed by atoms with E-state index >= 15 is 0 Å². The van der Waals surface area contributed by atoms with Gasteiger partial charge >= 0.3 is 5.76 Å². The molecule has 2 aromatic carbocycles. The fourth-order valence-corrected chi connectivity index (χ4v) is 1.93. The third kappa shape index (κ3) is 2.21. The van der Waals surface area contributed by atoms with E-state index in [1.807, 2.05) is 6.07 Å². The molecule has 0 atom stereocenters. The maximum atomic E-state index is 12.1. The summed E-state index contributed by atoms with van der Waals surface area (Å²) in [4.78, 5) is 23.8. The summed E-state index contributed by atoms with van der Waals surface area (Å²) in [5, 5.41) is 0. The first-order valence-electron chi connectivity index (χ1n) is 6.07. The zero-order valence-electron chi connectivity index (χ0n) is 10.5. The van der Waals surface area contributed by atoms with Gasteiger partial charge in [0.15, 0.2) is 12.2 Å². The van der Waals surface area contributed by atoms with Crippen molar-refractivity contribution in [1.82, 2.24) is 4.57 Å². The van der Waals surface area contributed by atoms with Gasteiger partial charge in [0.1, 0.15) is 5.75 Å². The third-order valence-corrected chi connectivity index (χ3v) is 2.84. The highest BCUT2D eigenvalue weighted by atomic mass is 16.5. The van der Waals surface area contributed by atoms with Crippen molar-refractivity contribution in [2.24, 2.45) is 0 Å². The normalized spacial score (nSPS) is 10.6. The van der Waals surface area contributed by atoms with Crippen LogP contribution in [-0.4, -0.2) is 17.1 Å². The summed E-state index contributed by atoms with van der Waals surface area (Å²) >= 11 is 0.